The molecule has 0 saturated carbocycles. The van der Waals surface area contributed by atoms with E-state index in [0.29, 0.717) is 6.04 Å². The van der Waals surface area contributed by atoms with E-state index in [2.05, 4.69) is 22.2 Å². The second kappa shape index (κ2) is 3.92. The van der Waals surface area contributed by atoms with Crippen LogP contribution in [0.2, 0.25) is 0 Å². The molecule has 0 bridgehead atoms. The lowest BCUT2D eigenvalue weighted by molar-refractivity contribution is 0.121. The van der Waals surface area contributed by atoms with Gasteiger partial charge in [0.05, 0.1) is 23.2 Å². The van der Waals surface area contributed by atoms with Crippen molar-refractivity contribution in [1.29, 1.82) is 0 Å². The fraction of sp³-hybridized carbons (Fsp3) is 0.417. The average Bonchev–Trinajstić information content (AvgIpc) is 2.84. The van der Waals surface area contributed by atoms with E-state index in [0.717, 1.165) is 29.7 Å². The van der Waals surface area contributed by atoms with Gasteiger partial charge in [0.25, 0.3) is 0 Å². The van der Waals surface area contributed by atoms with E-state index >= 15 is 0 Å². The van der Waals surface area contributed by atoms with E-state index in [9.17, 15) is 4.79 Å². The number of ether oxygens (including phenoxy) is 1. The van der Waals surface area contributed by atoms with E-state index in [4.69, 9.17) is 4.74 Å². The van der Waals surface area contributed by atoms with Crippen molar-refractivity contribution in [3.8, 4) is 0 Å². The maximum Gasteiger partial charge on any atom is 0.323 e. The fourth-order valence-electron chi connectivity index (χ4n) is 2.26. The lowest BCUT2D eigenvalue weighted by atomic mass is 10.1. The van der Waals surface area contributed by atoms with Gasteiger partial charge in [-0.05, 0) is 31.5 Å². The fourth-order valence-corrected chi connectivity index (χ4v) is 2.26. The van der Waals surface area contributed by atoms with E-state index in [1.807, 2.05) is 18.2 Å². The molecule has 2 heterocycles. The highest BCUT2D eigenvalue weighted by atomic mass is 16.5. The summed E-state index contributed by atoms with van der Waals surface area (Å²) in [6.07, 6.45) is 1.25. The highest BCUT2D eigenvalue weighted by molar-refractivity contribution is 5.78. The van der Waals surface area contributed by atoms with Gasteiger partial charge in [0.1, 0.15) is 0 Å². The number of fused-ring (bicyclic) bond motifs is 1. The molecule has 1 fully saturated rings. The number of imidazole rings is 1. The van der Waals surface area contributed by atoms with Gasteiger partial charge >= 0.3 is 5.69 Å². The van der Waals surface area contributed by atoms with Crippen LogP contribution in [0.4, 0.5) is 5.69 Å². The number of H-pyrrole nitrogens is 2. The van der Waals surface area contributed by atoms with Gasteiger partial charge in [0.15, 0.2) is 0 Å². The predicted octanol–water partition coefficient (Wildman–Crippen LogP) is 1.45. The van der Waals surface area contributed by atoms with E-state index in [-0.39, 0.29) is 11.8 Å². The summed E-state index contributed by atoms with van der Waals surface area (Å²) < 4.78 is 5.50. The van der Waals surface area contributed by atoms with Crippen LogP contribution in [0.1, 0.15) is 13.3 Å². The van der Waals surface area contributed by atoms with Gasteiger partial charge in [-0.3, -0.25) is 0 Å². The van der Waals surface area contributed by atoms with E-state index in [1.54, 1.807) is 0 Å². The van der Waals surface area contributed by atoms with Gasteiger partial charge in [-0.15, -0.1) is 0 Å². The summed E-state index contributed by atoms with van der Waals surface area (Å²) in [6, 6.07) is 6.16. The van der Waals surface area contributed by atoms with Crippen molar-refractivity contribution in [1.82, 2.24) is 9.97 Å². The molecular weight excluding hydrogens is 218 g/mol. The maximum absolute atomic E-state index is 11.1. The first-order chi connectivity index (χ1) is 8.22. The van der Waals surface area contributed by atoms with Gasteiger partial charge in [-0.2, -0.15) is 0 Å². The zero-order valence-electron chi connectivity index (χ0n) is 9.62. The minimum absolute atomic E-state index is 0.172. The van der Waals surface area contributed by atoms with Crippen LogP contribution in [0, 0.1) is 0 Å². The predicted molar refractivity (Wildman–Crippen MR) is 66.4 cm³/mol. The molecule has 1 saturated heterocycles. The SMILES string of the molecule is CC1OCCC1Nc1ccc2[nH]c(=O)[nH]c2c1. The molecule has 1 aromatic heterocycles. The van der Waals surface area contributed by atoms with Gasteiger partial charge in [-0.25, -0.2) is 4.79 Å². The molecule has 0 amide bonds. The number of hydrogen-bond acceptors (Lipinski definition) is 3. The number of nitrogens with one attached hydrogen (secondary N) is 3. The monoisotopic (exact) mass is 233 g/mol. The van der Waals surface area contributed by atoms with Crippen molar-refractivity contribution < 1.29 is 4.74 Å². The molecule has 2 atom stereocenters. The first kappa shape index (κ1) is 10.4. The zero-order chi connectivity index (χ0) is 11.8. The Morgan fingerprint density at radius 3 is 2.94 bits per heavy atom. The average molecular weight is 233 g/mol. The third-order valence-corrected chi connectivity index (χ3v) is 3.24. The van der Waals surface area contributed by atoms with Crippen molar-refractivity contribution in [3.63, 3.8) is 0 Å². The number of rotatable bonds is 2. The minimum Gasteiger partial charge on any atom is -0.380 e. The van der Waals surface area contributed by atoms with E-state index < -0.39 is 0 Å². The normalized spacial score (nSPS) is 24.3. The smallest absolute Gasteiger partial charge is 0.323 e. The number of benzene rings is 1. The Morgan fingerprint density at radius 2 is 2.18 bits per heavy atom. The minimum atomic E-state index is -0.172. The zero-order valence-corrected chi connectivity index (χ0v) is 9.62. The van der Waals surface area contributed by atoms with Crippen molar-refractivity contribution in [2.24, 2.45) is 0 Å². The van der Waals surface area contributed by atoms with Crippen molar-refractivity contribution in [2.45, 2.75) is 25.5 Å². The highest BCUT2D eigenvalue weighted by Gasteiger charge is 2.23. The summed E-state index contributed by atoms with van der Waals surface area (Å²) in [5.41, 5.74) is 2.49. The summed E-state index contributed by atoms with van der Waals surface area (Å²) in [5.74, 6) is 0. The quantitative estimate of drug-likeness (QED) is 0.735. The topological polar surface area (TPSA) is 69.9 Å². The Hall–Kier alpha value is -1.75. The van der Waals surface area contributed by atoms with Gasteiger partial charge in [0, 0.05) is 12.3 Å². The number of anilines is 1. The van der Waals surface area contributed by atoms with Crippen molar-refractivity contribution in [3.05, 3.63) is 28.7 Å². The molecule has 1 aromatic carbocycles. The van der Waals surface area contributed by atoms with Gasteiger partial charge < -0.3 is 20.0 Å². The number of hydrogen-bond donors (Lipinski definition) is 3. The molecule has 0 spiro atoms. The summed E-state index contributed by atoms with van der Waals surface area (Å²) in [7, 11) is 0. The van der Waals surface area contributed by atoms with Gasteiger partial charge in [-0.1, -0.05) is 0 Å². The lowest BCUT2D eigenvalue weighted by Gasteiger charge is -2.17. The summed E-state index contributed by atoms with van der Waals surface area (Å²) in [4.78, 5) is 16.6. The third-order valence-electron chi connectivity index (χ3n) is 3.24. The van der Waals surface area contributed by atoms with Crippen molar-refractivity contribution in [2.75, 3.05) is 11.9 Å². The molecule has 90 valence electrons. The molecule has 1 aliphatic heterocycles. The van der Waals surface area contributed by atoms with Crippen LogP contribution in [-0.2, 0) is 4.74 Å². The summed E-state index contributed by atoms with van der Waals surface area (Å²) in [6.45, 7) is 2.88. The molecule has 2 unspecified atom stereocenters. The molecule has 5 nitrogen and oxygen atoms in total. The largest absolute Gasteiger partial charge is 0.380 e. The Morgan fingerprint density at radius 1 is 1.35 bits per heavy atom. The van der Waals surface area contributed by atoms with Crippen LogP contribution in [0.5, 0.6) is 0 Å². The molecule has 2 aromatic rings. The Balaban J connectivity index is 1.87. The van der Waals surface area contributed by atoms with Crippen molar-refractivity contribution >= 4 is 16.7 Å². The lowest BCUT2D eigenvalue weighted by Crippen LogP contribution is -2.26. The molecule has 17 heavy (non-hydrogen) atoms. The molecular formula is C12H15N3O2. The second-order valence-electron chi connectivity index (χ2n) is 4.45. The summed E-state index contributed by atoms with van der Waals surface area (Å²) in [5, 5.41) is 3.43. The number of aromatic nitrogens is 2. The Labute approximate surface area is 98.2 Å². The Kier molecular flexibility index (Phi) is 2.40. The summed E-state index contributed by atoms with van der Waals surface area (Å²) >= 11 is 0. The molecule has 1 aliphatic rings. The van der Waals surface area contributed by atoms with Gasteiger partial charge in [0.2, 0.25) is 0 Å². The maximum atomic E-state index is 11.1. The molecule has 3 N–H and O–H groups in total. The Bertz CT molecular complexity index is 587. The van der Waals surface area contributed by atoms with Crippen LogP contribution in [-0.4, -0.2) is 28.7 Å². The highest BCUT2D eigenvalue weighted by Crippen LogP contribution is 2.20. The molecule has 5 heteroatoms. The van der Waals surface area contributed by atoms with Crippen LogP contribution in [0.3, 0.4) is 0 Å². The standard InChI is InChI=1S/C12H15N3O2/c1-7-9(4-5-17-7)13-8-2-3-10-11(6-8)15-12(16)14-10/h2-3,6-7,9,13H,4-5H2,1H3,(H2,14,15,16). The van der Waals surface area contributed by atoms with Crippen LogP contribution < -0.4 is 11.0 Å². The van der Waals surface area contributed by atoms with E-state index in [1.165, 1.54) is 0 Å². The molecule has 0 aliphatic carbocycles. The first-order valence-electron chi connectivity index (χ1n) is 5.82. The van der Waals surface area contributed by atoms with Crippen LogP contribution in [0.25, 0.3) is 11.0 Å². The second-order valence-corrected chi connectivity index (χ2v) is 4.45. The first-order valence-corrected chi connectivity index (χ1v) is 5.82. The van der Waals surface area contributed by atoms with Crippen LogP contribution in [0.15, 0.2) is 23.0 Å². The third kappa shape index (κ3) is 1.93. The number of aromatic amines is 2. The molecule has 3 rings (SSSR count). The van der Waals surface area contributed by atoms with Crippen LogP contribution >= 0.6 is 0 Å². The molecule has 0 radical (unpaired) electrons.